The van der Waals surface area contributed by atoms with Gasteiger partial charge in [0.25, 0.3) is 0 Å². The summed E-state index contributed by atoms with van der Waals surface area (Å²) < 4.78 is 18.2. The molecular weight excluding hydrogens is 181 g/mol. The van der Waals surface area contributed by atoms with E-state index in [9.17, 15) is 4.39 Å². The Morgan fingerprint density at radius 1 is 1.50 bits per heavy atom. The lowest BCUT2D eigenvalue weighted by atomic mass is 10.1. The standard InChI is InChI=1S/C11H14FNO/c1-14-11-5-4-8(7-9(11)12)10-3-2-6-13-10/h4-5,7,10,13H,2-3,6H2,1H3. The van der Waals surface area contributed by atoms with Gasteiger partial charge >= 0.3 is 0 Å². The van der Waals surface area contributed by atoms with Crippen molar-refractivity contribution in [2.24, 2.45) is 0 Å². The minimum atomic E-state index is -0.279. The molecule has 1 atom stereocenters. The molecule has 0 bridgehead atoms. The summed E-state index contributed by atoms with van der Waals surface area (Å²) in [5, 5.41) is 3.33. The maximum atomic E-state index is 13.4. The van der Waals surface area contributed by atoms with Crippen LogP contribution < -0.4 is 10.1 Å². The van der Waals surface area contributed by atoms with Gasteiger partial charge in [-0.15, -0.1) is 0 Å². The third-order valence-corrected chi connectivity index (χ3v) is 2.64. The van der Waals surface area contributed by atoms with Crippen LogP contribution in [0.5, 0.6) is 5.75 Å². The fourth-order valence-electron chi connectivity index (χ4n) is 1.87. The Morgan fingerprint density at radius 3 is 2.93 bits per heavy atom. The zero-order valence-corrected chi connectivity index (χ0v) is 8.22. The van der Waals surface area contributed by atoms with Gasteiger partial charge < -0.3 is 10.1 Å². The summed E-state index contributed by atoms with van der Waals surface area (Å²) in [7, 11) is 1.48. The maximum absolute atomic E-state index is 13.4. The Labute approximate surface area is 83.1 Å². The fourth-order valence-corrected chi connectivity index (χ4v) is 1.87. The van der Waals surface area contributed by atoms with Crippen molar-refractivity contribution < 1.29 is 9.13 Å². The molecule has 1 aromatic rings. The van der Waals surface area contributed by atoms with Gasteiger partial charge in [-0.25, -0.2) is 4.39 Å². The number of benzene rings is 1. The smallest absolute Gasteiger partial charge is 0.165 e. The molecule has 1 saturated heterocycles. The minimum absolute atomic E-state index is 0.279. The van der Waals surface area contributed by atoms with E-state index in [0.717, 1.165) is 24.9 Å². The van der Waals surface area contributed by atoms with Crippen LogP contribution in [0.1, 0.15) is 24.4 Å². The van der Waals surface area contributed by atoms with Crippen LogP contribution in [0.2, 0.25) is 0 Å². The van der Waals surface area contributed by atoms with Crippen molar-refractivity contribution in [2.45, 2.75) is 18.9 Å². The average molecular weight is 195 g/mol. The van der Waals surface area contributed by atoms with E-state index in [4.69, 9.17) is 4.74 Å². The van der Waals surface area contributed by atoms with Gasteiger partial charge in [0, 0.05) is 6.04 Å². The van der Waals surface area contributed by atoms with Gasteiger partial charge in [-0.2, -0.15) is 0 Å². The molecule has 0 amide bonds. The first-order valence-electron chi connectivity index (χ1n) is 4.88. The topological polar surface area (TPSA) is 21.3 Å². The highest BCUT2D eigenvalue weighted by atomic mass is 19.1. The van der Waals surface area contributed by atoms with Crippen LogP contribution in [0.4, 0.5) is 4.39 Å². The van der Waals surface area contributed by atoms with Crippen LogP contribution >= 0.6 is 0 Å². The molecule has 0 radical (unpaired) electrons. The van der Waals surface area contributed by atoms with Gasteiger partial charge in [-0.3, -0.25) is 0 Å². The zero-order chi connectivity index (χ0) is 9.97. The molecule has 2 rings (SSSR count). The highest BCUT2D eigenvalue weighted by Crippen LogP contribution is 2.26. The molecule has 1 aliphatic rings. The van der Waals surface area contributed by atoms with Gasteiger partial charge in [0.2, 0.25) is 0 Å². The summed E-state index contributed by atoms with van der Waals surface area (Å²) in [4.78, 5) is 0. The quantitative estimate of drug-likeness (QED) is 0.781. The average Bonchev–Trinajstić information content (AvgIpc) is 2.70. The summed E-state index contributed by atoms with van der Waals surface area (Å²) >= 11 is 0. The summed E-state index contributed by atoms with van der Waals surface area (Å²) in [5.74, 6) is 0.0328. The van der Waals surface area contributed by atoms with E-state index in [1.807, 2.05) is 6.07 Å². The number of hydrogen-bond acceptors (Lipinski definition) is 2. The predicted octanol–water partition coefficient (Wildman–Crippen LogP) is 2.26. The number of methoxy groups -OCH3 is 1. The molecule has 1 unspecified atom stereocenters. The van der Waals surface area contributed by atoms with Gasteiger partial charge in [0.15, 0.2) is 11.6 Å². The van der Waals surface area contributed by atoms with E-state index in [1.54, 1.807) is 12.1 Å². The van der Waals surface area contributed by atoms with Crippen LogP contribution in [0.25, 0.3) is 0 Å². The third-order valence-electron chi connectivity index (χ3n) is 2.64. The number of nitrogens with one attached hydrogen (secondary N) is 1. The fraction of sp³-hybridized carbons (Fsp3) is 0.455. The Kier molecular flexibility index (Phi) is 2.68. The zero-order valence-electron chi connectivity index (χ0n) is 8.22. The van der Waals surface area contributed by atoms with Crippen molar-refractivity contribution >= 4 is 0 Å². The van der Waals surface area contributed by atoms with E-state index in [-0.39, 0.29) is 5.82 Å². The van der Waals surface area contributed by atoms with Crippen molar-refractivity contribution in [3.63, 3.8) is 0 Å². The van der Waals surface area contributed by atoms with Crippen LogP contribution in [-0.4, -0.2) is 13.7 Å². The monoisotopic (exact) mass is 195 g/mol. The highest BCUT2D eigenvalue weighted by molar-refractivity contribution is 5.31. The summed E-state index contributed by atoms with van der Waals surface area (Å²) in [6, 6.07) is 5.48. The lowest BCUT2D eigenvalue weighted by molar-refractivity contribution is 0.385. The van der Waals surface area contributed by atoms with Gasteiger partial charge in [-0.05, 0) is 37.1 Å². The Balaban J connectivity index is 2.23. The first-order chi connectivity index (χ1) is 6.81. The Bertz CT molecular complexity index is 321. The second-order valence-electron chi connectivity index (χ2n) is 3.54. The number of ether oxygens (including phenoxy) is 1. The van der Waals surface area contributed by atoms with Crippen molar-refractivity contribution in [1.82, 2.24) is 5.32 Å². The molecule has 14 heavy (non-hydrogen) atoms. The lowest BCUT2D eigenvalue weighted by Gasteiger charge is -2.11. The SMILES string of the molecule is COc1ccc(C2CCCN2)cc1F. The van der Waals surface area contributed by atoms with Crippen LogP contribution in [0.15, 0.2) is 18.2 Å². The Hall–Kier alpha value is -1.09. The Morgan fingerprint density at radius 2 is 2.36 bits per heavy atom. The maximum Gasteiger partial charge on any atom is 0.165 e. The van der Waals surface area contributed by atoms with E-state index in [1.165, 1.54) is 7.11 Å². The minimum Gasteiger partial charge on any atom is -0.494 e. The second-order valence-corrected chi connectivity index (χ2v) is 3.54. The molecule has 0 saturated carbocycles. The summed E-state index contributed by atoms with van der Waals surface area (Å²) in [6.45, 7) is 1.03. The van der Waals surface area contributed by atoms with Gasteiger partial charge in [0.05, 0.1) is 7.11 Å². The molecular formula is C11H14FNO. The van der Waals surface area contributed by atoms with E-state index < -0.39 is 0 Å². The number of halogens is 1. The lowest BCUT2D eigenvalue weighted by Crippen LogP contribution is -2.12. The normalized spacial score (nSPS) is 21.1. The molecule has 1 N–H and O–H groups in total. The molecule has 76 valence electrons. The van der Waals surface area contributed by atoms with Crippen molar-refractivity contribution in [1.29, 1.82) is 0 Å². The largest absolute Gasteiger partial charge is 0.494 e. The van der Waals surface area contributed by atoms with Crippen LogP contribution in [0, 0.1) is 5.82 Å². The summed E-state index contributed by atoms with van der Waals surface area (Å²) in [6.07, 6.45) is 2.25. The molecule has 1 heterocycles. The summed E-state index contributed by atoms with van der Waals surface area (Å²) in [5.41, 5.74) is 1.01. The second kappa shape index (κ2) is 3.96. The number of rotatable bonds is 2. The van der Waals surface area contributed by atoms with Crippen molar-refractivity contribution in [3.05, 3.63) is 29.6 Å². The molecule has 2 nitrogen and oxygen atoms in total. The molecule has 0 aliphatic carbocycles. The molecule has 0 spiro atoms. The van der Waals surface area contributed by atoms with E-state index in [2.05, 4.69) is 5.32 Å². The van der Waals surface area contributed by atoms with E-state index in [0.29, 0.717) is 11.8 Å². The first-order valence-corrected chi connectivity index (χ1v) is 4.88. The van der Waals surface area contributed by atoms with Gasteiger partial charge in [0.1, 0.15) is 0 Å². The van der Waals surface area contributed by atoms with Crippen LogP contribution in [0.3, 0.4) is 0 Å². The van der Waals surface area contributed by atoms with Gasteiger partial charge in [-0.1, -0.05) is 6.07 Å². The van der Waals surface area contributed by atoms with Crippen molar-refractivity contribution in [2.75, 3.05) is 13.7 Å². The first kappa shape index (κ1) is 9.46. The van der Waals surface area contributed by atoms with Crippen molar-refractivity contribution in [3.8, 4) is 5.75 Å². The number of hydrogen-bond donors (Lipinski definition) is 1. The molecule has 1 fully saturated rings. The molecule has 3 heteroatoms. The van der Waals surface area contributed by atoms with E-state index >= 15 is 0 Å². The molecule has 0 aromatic heterocycles. The van der Waals surface area contributed by atoms with Crippen LogP contribution in [-0.2, 0) is 0 Å². The molecule has 1 aromatic carbocycles. The predicted molar refractivity (Wildman–Crippen MR) is 52.9 cm³/mol. The highest BCUT2D eigenvalue weighted by Gasteiger charge is 2.17. The molecule has 1 aliphatic heterocycles. The third kappa shape index (κ3) is 1.73.